The number of hydrogen-bond donors (Lipinski definition) is 2. The summed E-state index contributed by atoms with van der Waals surface area (Å²) in [5.41, 5.74) is 12.1. The van der Waals surface area contributed by atoms with E-state index in [4.69, 9.17) is 15.0 Å². The first-order valence-electron chi connectivity index (χ1n) is 12.4. The van der Waals surface area contributed by atoms with Gasteiger partial charge in [0.25, 0.3) is 0 Å². The van der Waals surface area contributed by atoms with Crippen LogP contribution in [-0.4, -0.2) is 59.6 Å². The number of nitrogens with zero attached hydrogens (tertiary/aromatic N) is 2. The molecule has 2 aromatic rings. The molecular formula is C28H32N4O6. The first kappa shape index (κ1) is 28.3. The summed E-state index contributed by atoms with van der Waals surface area (Å²) in [6, 6.07) is 14.9. The van der Waals surface area contributed by atoms with Crippen molar-refractivity contribution in [1.82, 2.24) is 10.6 Å². The number of alkyl carbamates (subject to hydrolysis) is 1. The van der Waals surface area contributed by atoms with Crippen molar-refractivity contribution < 1.29 is 33.4 Å². The van der Waals surface area contributed by atoms with Crippen LogP contribution < -0.4 is 10.6 Å². The molecule has 0 bridgehead atoms. The molecule has 0 radical (unpaired) electrons. The molecular weight excluding hydrogens is 488 g/mol. The summed E-state index contributed by atoms with van der Waals surface area (Å²) in [5.74, 6) is -1.79. The third-order valence-corrected chi connectivity index (χ3v) is 5.87. The largest absolute Gasteiger partial charge is 0.458 e. The predicted molar refractivity (Wildman–Crippen MR) is 139 cm³/mol. The molecule has 0 unspecified atom stereocenters. The smallest absolute Gasteiger partial charge is 0.407 e. The van der Waals surface area contributed by atoms with Crippen LogP contribution in [0.15, 0.2) is 48.5 Å². The second kappa shape index (κ2) is 12.8. The van der Waals surface area contributed by atoms with E-state index in [0.29, 0.717) is 0 Å². The lowest BCUT2D eigenvalue weighted by Gasteiger charge is -2.24. The third kappa shape index (κ3) is 7.85. The van der Waals surface area contributed by atoms with Gasteiger partial charge in [0.2, 0.25) is 11.7 Å². The van der Waals surface area contributed by atoms with Crippen LogP contribution >= 0.6 is 0 Å². The Morgan fingerprint density at radius 3 is 2.18 bits per heavy atom. The molecule has 0 saturated carbocycles. The second-order valence-corrected chi connectivity index (χ2v) is 9.91. The molecule has 2 amide bonds. The highest BCUT2D eigenvalue weighted by molar-refractivity contribution is 6.25. The minimum Gasteiger partial charge on any atom is -0.458 e. The number of ketones is 1. The summed E-state index contributed by atoms with van der Waals surface area (Å²) in [6.45, 7) is 5.19. The van der Waals surface area contributed by atoms with Gasteiger partial charge in [0.05, 0.1) is 0 Å². The second-order valence-electron chi connectivity index (χ2n) is 9.91. The zero-order chi connectivity index (χ0) is 27.7. The monoisotopic (exact) mass is 520 g/mol. The van der Waals surface area contributed by atoms with Crippen LogP contribution in [0.25, 0.3) is 16.7 Å². The number of nitrogens with one attached hydrogen (secondary N) is 2. The molecule has 1 atom stereocenters. The van der Waals surface area contributed by atoms with Crippen molar-refractivity contribution in [2.45, 2.75) is 57.6 Å². The highest BCUT2D eigenvalue weighted by Crippen LogP contribution is 2.44. The minimum atomic E-state index is -1.08. The molecule has 2 N–H and O–H groups in total. The van der Waals surface area contributed by atoms with Crippen molar-refractivity contribution in [3.05, 3.63) is 65.2 Å². The standard InChI is InChI=1S/C28H32N4O6/c1-28(2,3)38-26(35)24(13-12-18(33)16-31-29)32-25(34)14-15-30-27(36)37-17-23-21-10-6-4-8-19(21)20-9-5-7-11-22(20)23/h4-11,16,23-24H,12-15,17H2,1-3H3,(H,30,36)(H,32,34)/t24-/m0/s1. The highest BCUT2D eigenvalue weighted by atomic mass is 16.6. The van der Waals surface area contributed by atoms with Crippen molar-refractivity contribution in [2.24, 2.45) is 0 Å². The number of amides is 2. The maximum atomic E-state index is 12.5. The average Bonchev–Trinajstić information content (AvgIpc) is 3.18. The Kier molecular flexibility index (Phi) is 9.51. The number of hydrogen-bond acceptors (Lipinski definition) is 6. The van der Waals surface area contributed by atoms with Gasteiger partial charge in [-0.05, 0) is 49.4 Å². The Balaban J connectivity index is 1.48. The molecule has 1 aliphatic carbocycles. The van der Waals surface area contributed by atoms with Gasteiger partial charge in [-0.1, -0.05) is 48.5 Å². The summed E-state index contributed by atoms with van der Waals surface area (Å²) in [4.78, 5) is 51.6. The number of esters is 1. The zero-order valence-electron chi connectivity index (χ0n) is 21.7. The Hall–Kier alpha value is -4.30. The fourth-order valence-corrected chi connectivity index (χ4v) is 4.23. The Bertz CT molecular complexity index is 1200. The summed E-state index contributed by atoms with van der Waals surface area (Å²) in [6.07, 6.45) is -0.212. The SMILES string of the molecule is CC(C)(C)OC(=O)[C@H](CCC(=O)C=[N+]=[N-])NC(=O)CCNC(=O)OCC1c2ccccc2-c2ccccc21. The Morgan fingerprint density at radius 1 is 1.00 bits per heavy atom. The molecule has 3 rings (SSSR count). The number of ether oxygens (including phenoxy) is 2. The van der Waals surface area contributed by atoms with E-state index in [0.717, 1.165) is 28.5 Å². The number of benzene rings is 2. The van der Waals surface area contributed by atoms with Crippen LogP contribution in [0.2, 0.25) is 0 Å². The van der Waals surface area contributed by atoms with Crippen molar-refractivity contribution in [3.8, 4) is 11.1 Å². The van der Waals surface area contributed by atoms with Crippen LogP contribution in [0.5, 0.6) is 0 Å². The van der Waals surface area contributed by atoms with Gasteiger partial charge in [-0.25, -0.2) is 9.59 Å². The number of carbonyl (C=O) groups is 4. The maximum Gasteiger partial charge on any atom is 0.407 e. The van der Waals surface area contributed by atoms with Crippen LogP contribution in [0.1, 0.15) is 57.1 Å². The molecule has 0 heterocycles. The van der Waals surface area contributed by atoms with Gasteiger partial charge in [0.1, 0.15) is 18.2 Å². The molecule has 0 saturated heterocycles. The van der Waals surface area contributed by atoms with Gasteiger partial charge >= 0.3 is 18.3 Å². The number of fused-ring (bicyclic) bond motifs is 3. The summed E-state index contributed by atoms with van der Waals surface area (Å²) in [5, 5.41) is 5.10. The lowest BCUT2D eigenvalue weighted by atomic mass is 9.98. The number of Topliss-reactive ketones (excluding diaryl/α,β-unsaturated/α-hetero) is 1. The molecule has 38 heavy (non-hydrogen) atoms. The van der Waals surface area contributed by atoms with E-state index in [1.165, 1.54) is 0 Å². The van der Waals surface area contributed by atoms with Crippen molar-refractivity contribution in [3.63, 3.8) is 0 Å². The van der Waals surface area contributed by atoms with Gasteiger partial charge in [-0.2, -0.15) is 4.79 Å². The molecule has 0 fully saturated rings. The fraction of sp³-hybridized carbons (Fsp3) is 0.393. The van der Waals surface area contributed by atoms with E-state index < -0.39 is 35.4 Å². The predicted octanol–water partition coefficient (Wildman–Crippen LogP) is 3.39. The first-order chi connectivity index (χ1) is 18.1. The fourth-order valence-electron chi connectivity index (χ4n) is 4.23. The normalized spacial score (nSPS) is 12.8. The molecule has 10 heteroatoms. The average molecular weight is 521 g/mol. The van der Waals surface area contributed by atoms with Crippen molar-refractivity contribution >= 4 is 30.0 Å². The Morgan fingerprint density at radius 2 is 1.61 bits per heavy atom. The molecule has 1 aliphatic rings. The van der Waals surface area contributed by atoms with Crippen molar-refractivity contribution in [2.75, 3.05) is 13.2 Å². The van der Waals surface area contributed by atoms with E-state index in [1.807, 2.05) is 48.5 Å². The van der Waals surface area contributed by atoms with E-state index in [9.17, 15) is 19.2 Å². The molecule has 0 aliphatic heterocycles. The maximum absolute atomic E-state index is 12.5. The summed E-state index contributed by atoms with van der Waals surface area (Å²) in [7, 11) is 0. The van der Waals surface area contributed by atoms with E-state index in [1.54, 1.807) is 20.8 Å². The van der Waals surface area contributed by atoms with Crippen LogP contribution in [-0.2, 0) is 23.9 Å². The number of carbonyl (C=O) groups excluding carboxylic acids is 4. The first-order valence-corrected chi connectivity index (χ1v) is 12.4. The minimum absolute atomic E-state index is 0.0142. The number of rotatable bonds is 11. The van der Waals surface area contributed by atoms with Crippen LogP contribution in [0.4, 0.5) is 4.79 Å². The summed E-state index contributed by atoms with van der Waals surface area (Å²) >= 11 is 0. The van der Waals surface area contributed by atoms with Gasteiger partial charge in [0.15, 0.2) is 0 Å². The zero-order valence-corrected chi connectivity index (χ0v) is 21.7. The lowest BCUT2D eigenvalue weighted by Crippen LogP contribution is -2.45. The van der Waals surface area contributed by atoms with Gasteiger partial charge in [0, 0.05) is 25.3 Å². The topological polar surface area (TPSA) is 147 Å². The van der Waals surface area contributed by atoms with Gasteiger partial charge in [-0.15, -0.1) is 0 Å². The molecule has 10 nitrogen and oxygen atoms in total. The van der Waals surface area contributed by atoms with Gasteiger partial charge < -0.3 is 25.6 Å². The highest BCUT2D eigenvalue weighted by Gasteiger charge is 2.29. The van der Waals surface area contributed by atoms with E-state index >= 15 is 0 Å². The van der Waals surface area contributed by atoms with Crippen LogP contribution in [0.3, 0.4) is 0 Å². The molecule has 0 spiro atoms. The van der Waals surface area contributed by atoms with Crippen molar-refractivity contribution in [1.29, 1.82) is 0 Å². The Labute approximate surface area is 221 Å². The van der Waals surface area contributed by atoms with Crippen LogP contribution in [0, 0.1) is 0 Å². The molecule has 200 valence electrons. The molecule has 2 aromatic carbocycles. The van der Waals surface area contributed by atoms with Gasteiger partial charge in [-0.3, -0.25) is 9.59 Å². The lowest BCUT2D eigenvalue weighted by molar-refractivity contribution is -0.158. The molecule has 0 aromatic heterocycles. The van der Waals surface area contributed by atoms with E-state index in [-0.39, 0.29) is 38.3 Å². The van der Waals surface area contributed by atoms with E-state index in [2.05, 4.69) is 15.4 Å². The quantitative estimate of drug-likeness (QED) is 0.201. The summed E-state index contributed by atoms with van der Waals surface area (Å²) < 4.78 is 10.8. The third-order valence-electron chi connectivity index (χ3n) is 5.87.